The molecule has 1 N–H and O–H groups in total. The molecule has 1 aromatic rings. The van der Waals surface area contributed by atoms with Gasteiger partial charge >= 0.3 is 0 Å². The smallest absolute Gasteiger partial charge is 0.0208 e. The summed E-state index contributed by atoms with van der Waals surface area (Å²) in [5, 5.41) is 4.54. The van der Waals surface area contributed by atoms with Crippen molar-refractivity contribution in [3.05, 3.63) is 35.9 Å². The van der Waals surface area contributed by atoms with Gasteiger partial charge in [0, 0.05) is 17.8 Å². The Morgan fingerprint density at radius 1 is 1.19 bits per heavy atom. The first-order valence-electron chi connectivity index (χ1n) is 6.20. The molecule has 0 saturated heterocycles. The standard InChI is InChI=1S/C14H21NS/c1-16-14-10-6-5-9-13(14)15-11-12-7-3-2-4-8-12/h2-4,7-8,13-15H,5-6,9-11H2,1H3. The summed E-state index contributed by atoms with van der Waals surface area (Å²) in [7, 11) is 0. The van der Waals surface area contributed by atoms with Crippen LogP contribution in [0.5, 0.6) is 0 Å². The molecule has 0 bridgehead atoms. The van der Waals surface area contributed by atoms with Gasteiger partial charge in [-0.15, -0.1) is 0 Å². The van der Waals surface area contributed by atoms with Crippen molar-refractivity contribution in [2.45, 2.75) is 43.5 Å². The van der Waals surface area contributed by atoms with Crippen molar-refractivity contribution >= 4 is 11.8 Å². The van der Waals surface area contributed by atoms with Crippen molar-refractivity contribution in [3.63, 3.8) is 0 Å². The Labute approximate surface area is 103 Å². The summed E-state index contributed by atoms with van der Waals surface area (Å²) in [6, 6.07) is 11.4. The molecule has 0 aliphatic heterocycles. The molecule has 1 aliphatic rings. The van der Waals surface area contributed by atoms with Crippen molar-refractivity contribution < 1.29 is 0 Å². The molecule has 2 atom stereocenters. The highest BCUT2D eigenvalue weighted by molar-refractivity contribution is 7.99. The fourth-order valence-electron chi connectivity index (χ4n) is 2.46. The number of rotatable bonds is 4. The van der Waals surface area contributed by atoms with E-state index in [1.165, 1.54) is 31.2 Å². The fourth-order valence-corrected chi connectivity index (χ4v) is 3.42. The van der Waals surface area contributed by atoms with Crippen LogP contribution in [0, 0.1) is 0 Å². The molecule has 88 valence electrons. The van der Waals surface area contributed by atoms with Gasteiger partial charge in [0.1, 0.15) is 0 Å². The zero-order valence-corrected chi connectivity index (χ0v) is 10.8. The topological polar surface area (TPSA) is 12.0 Å². The third-order valence-corrected chi connectivity index (χ3v) is 4.59. The molecule has 1 nitrogen and oxygen atoms in total. The molecule has 16 heavy (non-hydrogen) atoms. The minimum Gasteiger partial charge on any atom is -0.309 e. The lowest BCUT2D eigenvalue weighted by Crippen LogP contribution is -2.39. The highest BCUT2D eigenvalue weighted by atomic mass is 32.2. The van der Waals surface area contributed by atoms with E-state index in [1.54, 1.807) is 0 Å². The Kier molecular flexibility index (Phi) is 4.73. The number of hydrogen-bond acceptors (Lipinski definition) is 2. The van der Waals surface area contributed by atoms with Gasteiger partial charge in [-0.05, 0) is 24.7 Å². The van der Waals surface area contributed by atoms with E-state index in [0.29, 0.717) is 6.04 Å². The number of nitrogens with one attached hydrogen (secondary N) is 1. The minimum absolute atomic E-state index is 0.712. The first kappa shape index (κ1) is 12.0. The molecule has 0 amide bonds. The highest BCUT2D eigenvalue weighted by Gasteiger charge is 2.23. The second kappa shape index (κ2) is 6.31. The molecule has 0 spiro atoms. The number of benzene rings is 1. The fraction of sp³-hybridized carbons (Fsp3) is 0.571. The van der Waals surface area contributed by atoms with E-state index in [9.17, 15) is 0 Å². The van der Waals surface area contributed by atoms with Crippen LogP contribution in [0.25, 0.3) is 0 Å². The summed E-state index contributed by atoms with van der Waals surface area (Å²) in [6.45, 7) is 1.02. The predicted octanol–water partition coefficient (Wildman–Crippen LogP) is 3.45. The zero-order chi connectivity index (χ0) is 11.2. The highest BCUT2D eigenvalue weighted by Crippen LogP contribution is 2.27. The van der Waals surface area contributed by atoms with E-state index in [0.717, 1.165) is 11.8 Å². The molecule has 2 heteroatoms. The molecule has 2 unspecified atom stereocenters. The molecule has 0 heterocycles. The molecule has 2 rings (SSSR count). The monoisotopic (exact) mass is 235 g/mol. The molecular formula is C14H21NS. The lowest BCUT2D eigenvalue weighted by molar-refractivity contribution is 0.383. The third kappa shape index (κ3) is 3.26. The van der Waals surface area contributed by atoms with Gasteiger partial charge < -0.3 is 5.32 Å². The first-order chi connectivity index (χ1) is 7.90. The average molecular weight is 235 g/mol. The third-order valence-electron chi connectivity index (χ3n) is 3.42. The van der Waals surface area contributed by atoms with Crippen molar-refractivity contribution in [2.75, 3.05) is 6.26 Å². The van der Waals surface area contributed by atoms with E-state index in [2.05, 4.69) is 41.9 Å². The largest absolute Gasteiger partial charge is 0.309 e. The number of hydrogen-bond donors (Lipinski definition) is 1. The quantitative estimate of drug-likeness (QED) is 0.858. The van der Waals surface area contributed by atoms with Gasteiger partial charge in [0.25, 0.3) is 0 Å². The second-order valence-electron chi connectivity index (χ2n) is 4.53. The Balaban J connectivity index is 1.84. The van der Waals surface area contributed by atoms with Crippen molar-refractivity contribution in [1.82, 2.24) is 5.32 Å². The zero-order valence-electron chi connectivity index (χ0n) is 9.99. The van der Waals surface area contributed by atoms with Crippen molar-refractivity contribution in [2.24, 2.45) is 0 Å². The van der Waals surface area contributed by atoms with Crippen LogP contribution in [0.2, 0.25) is 0 Å². The Morgan fingerprint density at radius 3 is 2.69 bits per heavy atom. The van der Waals surface area contributed by atoms with Crippen LogP contribution in [0.15, 0.2) is 30.3 Å². The molecule has 1 fully saturated rings. The minimum atomic E-state index is 0.712. The predicted molar refractivity (Wildman–Crippen MR) is 72.8 cm³/mol. The van der Waals surface area contributed by atoms with Gasteiger partial charge in [-0.1, -0.05) is 43.2 Å². The second-order valence-corrected chi connectivity index (χ2v) is 5.61. The summed E-state index contributed by atoms with van der Waals surface area (Å²) < 4.78 is 0. The van der Waals surface area contributed by atoms with Crippen LogP contribution in [-0.4, -0.2) is 17.5 Å². The van der Waals surface area contributed by atoms with E-state index in [4.69, 9.17) is 0 Å². The van der Waals surface area contributed by atoms with Gasteiger partial charge in [-0.3, -0.25) is 0 Å². The summed E-state index contributed by atoms with van der Waals surface area (Å²) in [6.07, 6.45) is 7.78. The molecule has 0 radical (unpaired) electrons. The molecule has 1 saturated carbocycles. The maximum Gasteiger partial charge on any atom is 0.0208 e. The van der Waals surface area contributed by atoms with Gasteiger partial charge in [0.2, 0.25) is 0 Å². The summed E-state index contributed by atoms with van der Waals surface area (Å²) in [5.74, 6) is 0. The first-order valence-corrected chi connectivity index (χ1v) is 7.49. The maximum atomic E-state index is 3.72. The van der Waals surface area contributed by atoms with Crippen LogP contribution in [0.4, 0.5) is 0 Å². The lowest BCUT2D eigenvalue weighted by Gasteiger charge is -2.31. The Morgan fingerprint density at radius 2 is 1.94 bits per heavy atom. The SMILES string of the molecule is CSC1CCCCC1NCc1ccccc1. The number of thioether (sulfide) groups is 1. The van der Waals surface area contributed by atoms with Gasteiger partial charge in [-0.2, -0.15) is 11.8 Å². The van der Waals surface area contributed by atoms with Crippen molar-refractivity contribution in [1.29, 1.82) is 0 Å². The van der Waals surface area contributed by atoms with Crippen LogP contribution in [0.3, 0.4) is 0 Å². The molecule has 1 aliphatic carbocycles. The van der Waals surface area contributed by atoms with E-state index in [1.807, 2.05) is 11.8 Å². The summed E-state index contributed by atoms with van der Waals surface area (Å²) in [4.78, 5) is 0. The normalized spacial score (nSPS) is 25.6. The van der Waals surface area contributed by atoms with E-state index in [-0.39, 0.29) is 0 Å². The maximum absolute atomic E-state index is 3.72. The van der Waals surface area contributed by atoms with Crippen LogP contribution in [0.1, 0.15) is 31.2 Å². The van der Waals surface area contributed by atoms with Crippen LogP contribution < -0.4 is 5.32 Å². The van der Waals surface area contributed by atoms with Crippen LogP contribution in [-0.2, 0) is 6.54 Å². The van der Waals surface area contributed by atoms with Gasteiger partial charge in [0.05, 0.1) is 0 Å². The summed E-state index contributed by atoms with van der Waals surface area (Å²) >= 11 is 2.03. The lowest BCUT2D eigenvalue weighted by atomic mass is 9.94. The molecular weight excluding hydrogens is 214 g/mol. The van der Waals surface area contributed by atoms with E-state index >= 15 is 0 Å². The molecule has 0 aromatic heterocycles. The Hall–Kier alpha value is -0.470. The van der Waals surface area contributed by atoms with Gasteiger partial charge in [0.15, 0.2) is 0 Å². The van der Waals surface area contributed by atoms with Gasteiger partial charge in [-0.25, -0.2) is 0 Å². The average Bonchev–Trinajstić information content (AvgIpc) is 2.38. The van der Waals surface area contributed by atoms with Crippen LogP contribution >= 0.6 is 11.8 Å². The van der Waals surface area contributed by atoms with Crippen molar-refractivity contribution in [3.8, 4) is 0 Å². The Bertz CT molecular complexity index is 299. The molecule has 1 aromatic carbocycles. The van der Waals surface area contributed by atoms with E-state index < -0.39 is 0 Å². The summed E-state index contributed by atoms with van der Waals surface area (Å²) in [5.41, 5.74) is 1.40.